The van der Waals surface area contributed by atoms with E-state index < -0.39 is 0 Å². The molecule has 1 aliphatic carbocycles. The van der Waals surface area contributed by atoms with Gasteiger partial charge < -0.3 is 5.32 Å². The molecule has 0 spiro atoms. The number of benzene rings is 1. The molecular formula is C17H26ClNS. The summed E-state index contributed by atoms with van der Waals surface area (Å²) in [6.07, 6.45) is 5.68. The molecule has 0 aliphatic heterocycles. The minimum atomic E-state index is 0.676. The third-order valence-corrected chi connectivity index (χ3v) is 5.43. The molecule has 112 valence electrons. The van der Waals surface area contributed by atoms with E-state index in [2.05, 4.69) is 37.4 Å². The van der Waals surface area contributed by atoms with E-state index in [4.69, 9.17) is 11.6 Å². The Balaban J connectivity index is 1.81. The van der Waals surface area contributed by atoms with Crippen molar-refractivity contribution in [1.29, 1.82) is 0 Å². The van der Waals surface area contributed by atoms with Crippen LogP contribution in [0.15, 0.2) is 23.1 Å². The lowest BCUT2D eigenvalue weighted by Crippen LogP contribution is -2.19. The largest absolute Gasteiger partial charge is 0.312 e. The van der Waals surface area contributed by atoms with Gasteiger partial charge in [0.1, 0.15) is 0 Å². The van der Waals surface area contributed by atoms with Gasteiger partial charge in [-0.05, 0) is 48.9 Å². The van der Waals surface area contributed by atoms with Gasteiger partial charge in [0.2, 0.25) is 0 Å². The van der Waals surface area contributed by atoms with Crippen molar-refractivity contribution in [2.75, 3.05) is 12.3 Å². The fourth-order valence-corrected chi connectivity index (χ4v) is 4.09. The van der Waals surface area contributed by atoms with Crippen molar-refractivity contribution < 1.29 is 0 Å². The van der Waals surface area contributed by atoms with Gasteiger partial charge in [0.15, 0.2) is 0 Å². The Morgan fingerprint density at radius 1 is 1.30 bits per heavy atom. The maximum absolute atomic E-state index is 6.39. The lowest BCUT2D eigenvalue weighted by molar-refractivity contribution is 0.552. The van der Waals surface area contributed by atoms with E-state index >= 15 is 0 Å². The molecule has 0 aromatic heterocycles. The second-order valence-electron chi connectivity index (χ2n) is 6.24. The topological polar surface area (TPSA) is 12.0 Å². The van der Waals surface area contributed by atoms with Crippen molar-refractivity contribution in [2.45, 2.75) is 51.0 Å². The first-order chi connectivity index (χ1) is 9.65. The Bertz CT molecular complexity index is 413. The summed E-state index contributed by atoms with van der Waals surface area (Å²) in [5, 5.41) is 4.35. The number of halogens is 1. The van der Waals surface area contributed by atoms with Crippen LogP contribution in [-0.4, -0.2) is 12.3 Å². The van der Waals surface area contributed by atoms with Crippen LogP contribution in [0.2, 0.25) is 5.02 Å². The molecule has 20 heavy (non-hydrogen) atoms. The quantitative estimate of drug-likeness (QED) is 0.680. The van der Waals surface area contributed by atoms with E-state index in [0.29, 0.717) is 5.92 Å². The lowest BCUT2D eigenvalue weighted by Gasteiger charge is -2.11. The molecule has 1 N–H and O–H groups in total. The summed E-state index contributed by atoms with van der Waals surface area (Å²) >= 11 is 8.35. The second kappa shape index (κ2) is 8.31. The zero-order valence-electron chi connectivity index (χ0n) is 12.6. The second-order valence-corrected chi connectivity index (χ2v) is 7.74. The maximum Gasteiger partial charge on any atom is 0.0462 e. The number of thioether (sulfide) groups is 1. The lowest BCUT2D eigenvalue weighted by atomic mass is 10.1. The number of hydrogen-bond donors (Lipinski definition) is 1. The molecule has 1 aromatic rings. The summed E-state index contributed by atoms with van der Waals surface area (Å²) in [4.78, 5) is 1.31. The first-order valence-electron chi connectivity index (χ1n) is 7.77. The minimum Gasteiger partial charge on any atom is -0.312 e. The first kappa shape index (κ1) is 16.2. The summed E-state index contributed by atoms with van der Waals surface area (Å²) in [5.41, 5.74) is 1.21. The summed E-state index contributed by atoms with van der Waals surface area (Å²) in [5.74, 6) is 2.85. The molecule has 0 heterocycles. The van der Waals surface area contributed by atoms with E-state index in [1.54, 1.807) is 0 Å². The van der Waals surface area contributed by atoms with Gasteiger partial charge in [-0.15, -0.1) is 11.8 Å². The van der Waals surface area contributed by atoms with Gasteiger partial charge >= 0.3 is 0 Å². The summed E-state index contributed by atoms with van der Waals surface area (Å²) < 4.78 is 0. The molecule has 0 atom stereocenters. The van der Waals surface area contributed by atoms with Gasteiger partial charge in [0.25, 0.3) is 0 Å². The summed E-state index contributed by atoms with van der Waals surface area (Å²) in [6, 6.07) is 6.53. The molecule has 1 aromatic carbocycles. The normalized spacial score (nSPS) is 16.2. The SMILES string of the molecule is CC(C)CNCc1ccc(SCC2CCCC2)cc1Cl. The molecule has 1 fully saturated rings. The standard InChI is InChI=1S/C17H26ClNS/c1-13(2)10-19-11-15-7-8-16(9-17(15)18)20-12-14-5-3-4-6-14/h7-9,13-14,19H,3-6,10-12H2,1-2H3. The molecule has 3 heteroatoms. The van der Waals surface area contributed by atoms with Crippen molar-refractivity contribution in [3.05, 3.63) is 28.8 Å². The van der Waals surface area contributed by atoms with Gasteiger partial charge in [-0.1, -0.05) is 44.4 Å². The Labute approximate surface area is 132 Å². The maximum atomic E-state index is 6.39. The predicted octanol–water partition coefficient (Wildman–Crippen LogP) is 5.37. The molecule has 1 aliphatic rings. The number of nitrogens with one attached hydrogen (secondary N) is 1. The van der Waals surface area contributed by atoms with Gasteiger partial charge in [0, 0.05) is 22.2 Å². The van der Waals surface area contributed by atoms with E-state index in [1.807, 2.05) is 11.8 Å². The van der Waals surface area contributed by atoms with Crippen molar-refractivity contribution in [2.24, 2.45) is 11.8 Å². The van der Waals surface area contributed by atoms with Gasteiger partial charge in [-0.2, -0.15) is 0 Å². The average Bonchev–Trinajstić information content (AvgIpc) is 2.91. The minimum absolute atomic E-state index is 0.676. The van der Waals surface area contributed by atoms with Crippen LogP contribution < -0.4 is 5.32 Å². The molecule has 2 rings (SSSR count). The molecule has 0 unspecified atom stereocenters. The highest BCUT2D eigenvalue weighted by molar-refractivity contribution is 7.99. The zero-order chi connectivity index (χ0) is 14.4. The van der Waals surface area contributed by atoms with Crippen LogP contribution in [0.5, 0.6) is 0 Å². The monoisotopic (exact) mass is 311 g/mol. The zero-order valence-corrected chi connectivity index (χ0v) is 14.2. The van der Waals surface area contributed by atoms with Gasteiger partial charge in [-0.3, -0.25) is 0 Å². The van der Waals surface area contributed by atoms with E-state index in [-0.39, 0.29) is 0 Å². The highest BCUT2D eigenvalue weighted by Gasteiger charge is 2.15. The molecule has 0 bridgehead atoms. The van der Waals surface area contributed by atoms with E-state index in [9.17, 15) is 0 Å². The third kappa shape index (κ3) is 5.31. The first-order valence-corrected chi connectivity index (χ1v) is 9.13. The Morgan fingerprint density at radius 2 is 2.05 bits per heavy atom. The summed E-state index contributed by atoms with van der Waals surface area (Å²) in [6.45, 7) is 6.34. The molecular weight excluding hydrogens is 286 g/mol. The molecule has 1 nitrogen and oxygen atoms in total. The number of rotatable bonds is 7. The fourth-order valence-electron chi connectivity index (χ4n) is 2.65. The van der Waals surface area contributed by atoms with Gasteiger partial charge in [0.05, 0.1) is 0 Å². The summed E-state index contributed by atoms with van der Waals surface area (Å²) in [7, 11) is 0. The van der Waals surface area contributed by atoms with E-state index in [1.165, 1.54) is 41.9 Å². The molecule has 0 amide bonds. The fraction of sp³-hybridized carbons (Fsp3) is 0.647. The van der Waals surface area contributed by atoms with Crippen LogP contribution in [0.25, 0.3) is 0 Å². The van der Waals surface area contributed by atoms with Crippen LogP contribution in [0.4, 0.5) is 0 Å². The van der Waals surface area contributed by atoms with E-state index in [0.717, 1.165) is 24.0 Å². The number of hydrogen-bond acceptors (Lipinski definition) is 2. The Kier molecular flexibility index (Phi) is 6.73. The average molecular weight is 312 g/mol. The van der Waals surface area contributed by atoms with Crippen LogP contribution in [0, 0.1) is 11.8 Å². The van der Waals surface area contributed by atoms with Crippen LogP contribution in [0.1, 0.15) is 45.1 Å². The highest BCUT2D eigenvalue weighted by atomic mass is 35.5. The van der Waals surface area contributed by atoms with Crippen molar-refractivity contribution >= 4 is 23.4 Å². The van der Waals surface area contributed by atoms with Crippen molar-refractivity contribution in [3.8, 4) is 0 Å². The Morgan fingerprint density at radius 3 is 2.70 bits per heavy atom. The van der Waals surface area contributed by atoms with Crippen LogP contribution >= 0.6 is 23.4 Å². The predicted molar refractivity (Wildman–Crippen MR) is 90.7 cm³/mol. The van der Waals surface area contributed by atoms with Gasteiger partial charge in [-0.25, -0.2) is 0 Å². The Hall–Kier alpha value is -0.180. The highest BCUT2D eigenvalue weighted by Crippen LogP contribution is 2.32. The van der Waals surface area contributed by atoms with Crippen molar-refractivity contribution in [3.63, 3.8) is 0 Å². The van der Waals surface area contributed by atoms with Crippen LogP contribution in [-0.2, 0) is 6.54 Å². The molecule has 0 radical (unpaired) electrons. The molecule has 1 saturated carbocycles. The smallest absolute Gasteiger partial charge is 0.0462 e. The molecule has 0 saturated heterocycles. The van der Waals surface area contributed by atoms with Crippen molar-refractivity contribution in [1.82, 2.24) is 5.32 Å². The van der Waals surface area contributed by atoms with Crippen LogP contribution in [0.3, 0.4) is 0 Å². The third-order valence-electron chi connectivity index (χ3n) is 3.85.